The monoisotopic (exact) mass is 234 g/mol. The smallest absolute Gasteiger partial charge is 0.0707 e. The number of hydrogen-bond donors (Lipinski definition) is 1. The maximum atomic E-state index is 5.94. The first-order valence-electron chi connectivity index (χ1n) is 6.35. The summed E-state index contributed by atoms with van der Waals surface area (Å²) in [6.45, 7) is 8.25. The van der Waals surface area contributed by atoms with E-state index in [1.807, 2.05) is 18.5 Å². The van der Waals surface area contributed by atoms with E-state index in [9.17, 15) is 0 Å². The third-order valence-corrected chi connectivity index (χ3v) is 3.39. The molecule has 0 amide bonds. The summed E-state index contributed by atoms with van der Waals surface area (Å²) in [5, 5.41) is 3.46. The molecule has 17 heavy (non-hydrogen) atoms. The minimum Gasteiger partial charge on any atom is -0.371 e. The molecule has 1 saturated heterocycles. The Labute approximate surface area is 104 Å². The van der Waals surface area contributed by atoms with Crippen LogP contribution in [0.25, 0.3) is 0 Å². The summed E-state index contributed by atoms with van der Waals surface area (Å²) in [6.07, 6.45) is 6.45. The van der Waals surface area contributed by atoms with Crippen molar-refractivity contribution in [2.45, 2.75) is 51.9 Å². The highest BCUT2D eigenvalue weighted by molar-refractivity contribution is 5.20. The molecule has 1 aromatic heterocycles. The van der Waals surface area contributed by atoms with Gasteiger partial charge in [-0.25, -0.2) is 0 Å². The molecule has 1 aliphatic heterocycles. The Morgan fingerprint density at radius 1 is 1.53 bits per heavy atom. The predicted molar refractivity (Wildman–Crippen MR) is 68.9 cm³/mol. The molecule has 3 heteroatoms. The van der Waals surface area contributed by atoms with Gasteiger partial charge in [-0.2, -0.15) is 0 Å². The average molecular weight is 234 g/mol. The lowest BCUT2D eigenvalue weighted by atomic mass is 10.1. The molecule has 2 rings (SSSR count). The van der Waals surface area contributed by atoms with Crippen LogP contribution in [-0.4, -0.2) is 23.2 Å². The molecule has 1 aliphatic rings. The summed E-state index contributed by atoms with van der Waals surface area (Å²) < 4.78 is 5.94. The fourth-order valence-electron chi connectivity index (χ4n) is 2.27. The van der Waals surface area contributed by atoms with E-state index in [1.165, 1.54) is 11.1 Å². The van der Waals surface area contributed by atoms with Gasteiger partial charge < -0.3 is 10.1 Å². The van der Waals surface area contributed by atoms with E-state index in [1.54, 1.807) is 0 Å². The standard InChI is InChI=1S/C14H22N2O/c1-11-5-7-15-8-12(11)9-16-10-13-4-6-14(2,3)17-13/h5,7-8,13,16H,4,6,9-10H2,1-3H3. The largest absolute Gasteiger partial charge is 0.371 e. The van der Waals surface area contributed by atoms with Gasteiger partial charge in [0.25, 0.3) is 0 Å². The number of ether oxygens (including phenoxy) is 1. The molecule has 1 aromatic rings. The van der Waals surface area contributed by atoms with Crippen molar-refractivity contribution in [3.63, 3.8) is 0 Å². The van der Waals surface area contributed by atoms with Gasteiger partial charge in [0, 0.05) is 25.5 Å². The first kappa shape index (κ1) is 12.5. The topological polar surface area (TPSA) is 34.2 Å². The zero-order valence-electron chi connectivity index (χ0n) is 11.0. The molecule has 2 heterocycles. The summed E-state index contributed by atoms with van der Waals surface area (Å²) in [4.78, 5) is 4.15. The quantitative estimate of drug-likeness (QED) is 0.869. The zero-order chi connectivity index (χ0) is 12.3. The molecule has 0 aromatic carbocycles. The summed E-state index contributed by atoms with van der Waals surface area (Å²) in [7, 11) is 0. The highest BCUT2D eigenvalue weighted by atomic mass is 16.5. The van der Waals surface area contributed by atoms with E-state index in [0.29, 0.717) is 6.10 Å². The summed E-state index contributed by atoms with van der Waals surface area (Å²) in [5.41, 5.74) is 2.63. The highest BCUT2D eigenvalue weighted by Crippen LogP contribution is 2.28. The number of pyridine rings is 1. The lowest BCUT2D eigenvalue weighted by molar-refractivity contribution is -0.0143. The Kier molecular flexibility index (Phi) is 3.79. The molecule has 1 fully saturated rings. The molecule has 1 atom stereocenters. The summed E-state index contributed by atoms with van der Waals surface area (Å²) in [6, 6.07) is 2.05. The third kappa shape index (κ3) is 3.51. The highest BCUT2D eigenvalue weighted by Gasteiger charge is 2.31. The van der Waals surface area contributed by atoms with Crippen molar-refractivity contribution in [2.24, 2.45) is 0 Å². The number of aromatic nitrogens is 1. The maximum Gasteiger partial charge on any atom is 0.0707 e. The van der Waals surface area contributed by atoms with Crippen LogP contribution in [0.3, 0.4) is 0 Å². The van der Waals surface area contributed by atoms with Crippen LogP contribution in [0.2, 0.25) is 0 Å². The second kappa shape index (κ2) is 5.15. The molecule has 1 N–H and O–H groups in total. The molecule has 1 unspecified atom stereocenters. The number of hydrogen-bond acceptors (Lipinski definition) is 3. The van der Waals surface area contributed by atoms with Crippen LogP contribution in [0.5, 0.6) is 0 Å². The van der Waals surface area contributed by atoms with Gasteiger partial charge in [0.15, 0.2) is 0 Å². The average Bonchev–Trinajstić information content (AvgIpc) is 2.61. The van der Waals surface area contributed by atoms with Crippen molar-refractivity contribution in [1.29, 1.82) is 0 Å². The molecule has 0 bridgehead atoms. The molecule has 0 aliphatic carbocycles. The minimum absolute atomic E-state index is 0.0660. The van der Waals surface area contributed by atoms with Crippen molar-refractivity contribution in [2.75, 3.05) is 6.54 Å². The third-order valence-electron chi connectivity index (χ3n) is 3.39. The zero-order valence-corrected chi connectivity index (χ0v) is 11.0. The SMILES string of the molecule is Cc1ccncc1CNCC1CCC(C)(C)O1. The first-order valence-corrected chi connectivity index (χ1v) is 6.35. The number of aryl methyl sites for hydroxylation is 1. The van der Waals surface area contributed by atoms with Gasteiger partial charge in [0.05, 0.1) is 11.7 Å². The van der Waals surface area contributed by atoms with E-state index in [0.717, 1.165) is 25.9 Å². The summed E-state index contributed by atoms with van der Waals surface area (Å²) in [5.74, 6) is 0. The van der Waals surface area contributed by atoms with E-state index in [-0.39, 0.29) is 5.60 Å². The van der Waals surface area contributed by atoms with Gasteiger partial charge in [0.2, 0.25) is 0 Å². The van der Waals surface area contributed by atoms with Gasteiger partial charge in [-0.1, -0.05) is 0 Å². The maximum absolute atomic E-state index is 5.94. The van der Waals surface area contributed by atoms with E-state index < -0.39 is 0 Å². The predicted octanol–water partition coefficient (Wildman–Crippen LogP) is 2.44. The fourth-order valence-corrected chi connectivity index (χ4v) is 2.27. The Hall–Kier alpha value is -0.930. The lowest BCUT2D eigenvalue weighted by Gasteiger charge is -2.19. The second-order valence-electron chi connectivity index (χ2n) is 5.47. The van der Waals surface area contributed by atoms with Crippen molar-refractivity contribution in [3.8, 4) is 0 Å². The van der Waals surface area contributed by atoms with Crippen molar-refractivity contribution in [3.05, 3.63) is 29.6 Å². The Morgan fingerprint density at radius 2 is 2.35 bits per heavy atom. The van der Waals surface area contributed by atoms with Gasteiger partial charge in [-0.15, -0.1) is 0 Å². The van der Waals surface area contributed by atoms with Crippen LogP contribution < -0.4 is 5.32 Å². The van der Waals surface area contributed by atoms with E-state index in [4.69, 9.17) is 4.74 Å². The normalized spacial score (nSPS) is 22.9. The number of rotatable bonds is 4. The number of nitrogens with one attached hydrogen (secondary N) is 1. The molecule has 94 valence electrons. The van der Waals surface area contributed by atoms with Gasteiger partial charge >= 0.3 is 0 Å². The van der Waals surface area contributed by atoms with Gasteiger partial charge in [0.1, 0.15) is 0 Å². The molecular formula is C14H22N2O. The van der Waals surface area contributed by atoms with Crippen LogP contribution in [0.4, 0.5) is 0 Å². The van der Waals surface area contributed by atoms with Crippen molar-refractivity contribution < 1.29 is 4.74 Å². The van der Waals surface area contributed by atoms with Gasteiger partial charge in [-0.3, -0.25) is 4.98 Å². The Balaban J connectivity index is 1.76. The second-order valence-corrected chi connectivity index (χ2v) is 5.47. The van der Waals surface area contributed by atoms with Crippen LogP contribution in [-0.2, 0) is 11.3 Å². The number of nitrogens with zero attached hydrogens (tertiary/aromatic N) is 1. The fraction of sp³-hybridized carbons (Fsp3) is 0.643. The molecule has 0 saturated carbocycles. The van der Waals surface area contributed by atoms with Crippen molar-refractivity contribution in [1.82, 2.24) is 10.3 Å². The molecule has 0 radical (unpaired) electrons. The first-order chi connectivity index (χ1) is 8.07. The summed E-state index contributed by atoms with van der Waals surface area (Å²) >= 11 is 0. The molecule has 0 spiro atoms. The van der Waals surface area contributed by atoms with Crippen LogP contribution in [0.1, 0.15) is 37.8 Å². The van der Waals surface area contributed by atoms with Gasteiger partial charge in [-0.05, 0) is 50.8 Å². The Morgan fingerprint density at radius 3 is 3.00 bits per heavy atom. The van der Waals surface area contributed by atoms with E-state index in [2.05, 4.69) is 31.1 Å². The van der Waals surface area contributed by atoms with Crippen molar-refractivity contribution >= 4 is 0 Å². The molecular weight excluding hydrogens is 212 g/mol. The van der Waals surface area contributed by atoms with Crippen LogP contribution in [0.15, 0.2) is 18.5 Å². The van der Waals surface area contributed by atoms with Crippen LogP contribution >= 0.6 is 0 Å². The lowest BCUT2D eigenvalue weighted by Crippen LogP contribution is -2.29. The Bertz CT molecular complexity index is 376. The van der Waals surface area contributed by atoms with E-state index >= 15 is 0 Å². The van der Waals surface area contributed by atoms with Crippen LogP contribution in [0, 0.1) is 6.92 Å². The minimum atomic E-state index is 0.0660. The molecule has 3 nitrogen and oxygen atoms in total.